The summed E-state index contributed by atoms with van der Waals surface area (Å²) in [5.74, 6) is 1.49. The first-order valence-corrected chi connectivity index (χ1v) is 7.12. The van der Waals surface area contributed by atoms with Gasteiger partial charge in [-0.3, -0.25) is 9.97 Å². The van der Waals surface area contributed by atoms with Gasteiger partial charge < -0.3 is 5.32 Å². The molecular weight excluding hydrogens is 274 g/mol. The lowest BCUT2D eigenvalue weighted by Crippen LogP contribution is -2.05. The minimum Gasteiger partial charge on any atom is -0.366 e. The van der Waals surface area contributed by atoms with Crippen LogP contribution in [0.25, 0.3) is 11.4 Å². The van der Waals surface area contributed by atoms with E-state index in [4.69, 9.17) is 0 Å². The van der Waals surface area contributed by atoms with Crippen molar-refractivity contribution in [1.82, 2.24) is 19.9 Å². The molecule has 0 radical (unpaired) electrons. The van der Waals surface area contributed by atoms with Crippen LogP contribution >= 0.6 is 0 Å². The summed E-state index contributed by atoms with van der Waals surface area (Å²) in [6.45, 7) is 4.72. The summed E-state index contributed by atoms with van der Waals surface area (Å²) >= 11 is 0. The zero-order valence-corrected chi connectivity index (χ0v) is 12.6. The van der Waals surface area contributed by atoms with Crippen molar-refractivity contribution in [2.45, 2.75) is 20.4 Å². The van der Waals surface area contributed by atoms with Crippen LogP contribution in [0.15, 0.2) is 49.1 Å². The van der Waals surface area contributed by atoms with Crippen molar-refractivity contribution in [1.29, 1.82) is 0 Å². The SMILES string of the molecule is Cc1cc(NCc2ccncc2C)nc(-c2cccnc2)n1. The Hall–Kier alpha value is -2.82. The minimum absolute atomic E-state index is 0.682. The molecule has 0 amide bonds. The van der Waals surface area contributed by atoms with E-state index in [1.807, 2.05) is 37.4 Å². The van der Waals surface area contributed by atoms with Crippen LogP contribution in [0, 0.1) is 13.8 Å². The van der Waals surface area contributed by atoms with Gasteiger partial charge in [0.05, 0.1) is 0 Å². The summed E-state index contributed by atoms with van der Waals surface area (Å²) in [6, 6.07) is 7.79. The van der Waals surface area contributed by atoms with Gasteiger partial charge in [-0.25, -0.2) is 9.97 Å². The van der Waals surface area contributed by atoms with Gasteiger partial charge in [0, 0.05) is 48.7 Å². The van der Waals surface area contributed by atoms with Crippen LogP contribution in [0.4, 0.5) is 5.82 Å². The molecule has 3 aromatic rings. The van der Waals surface area contributed by atoms with E-state index in [1.54, 1.807) is 18.6 Å². The molecule has 3 aromatic heterocycles. The fourth-order valence-electron chi connectivity index (χ4n) is 2.17. The van der Waals surface area contributed by atoms with Gasteiger partial charge in [-0.1, -0.05) is 0 Å². The van der Waals surface area contributed by atoms with E-state index in [9.17, 15) is 0 Å². The molecule has 3 rings (SSSR count). The Morgan fingerprint density at radius 2 is 1.86 bits per heavy atom. The van der Waals surface area contributed by atoms with Crippen molar-refractivity contribution in [3.63, 3.8) is 0 Å². The molecule has 0 unspecified atom stereocenters. The lowest BCUT2D eigenvalue weighted by Gasteiger charge is -2.10. The maximum Gasteiger partial charge on any atom is 0.163 e. The highest BCUT2D eigenvalue weighted by molar-refractivity contribution is 5.56. The number of rotatable bonds is 4. The van der Waals surface area contributed by atoms with Crippen molar-refractivity contribution in [2.75, 3.05) is 5.32 Å². The third-order valence-electron chi connectivity index (χ3n) is 3.37. The van der Waals surface area contributed by atoms with Gasteiger partial charge in [0.25, 0.3) is 0 Å². The molecule has 0 bridgehead atoms. The summed E-state index contributed by atoms with van der Waals surface area (Å²) in [5, 5.41) is 3.35. The standard InChI is InChI=1S/C17H17N5/c1-12-9-19-7-5-14(12)11-20-16-8-13(2)21-17(22-16)15-4-3-6-18-10-15/h3-10H,11H2,1-2H3,(H,20,21,22). The third-order valence-corrected chi connectivity index (χ3v) is 3.37. The second-order valence-electron chi connectivity index (χ2n) is 5.12. The summed E-state index contributed by atoms with van der Waals surface area (Å²) in [4.78, 5) is 17.3. The molecule has 0 aliphatic heterocycles. The average molecular weight is 291 g/mol. The van der Waals surface area contributed by atoms with Crippen LogP contribution in [0.2, 0.25) is 0 Å². The van der Waals surface area contributed by atoms with E-state index in [-0.39, 0.29) is 0 Å². The molecular formula is C17H17N5. The van der Waals surface area contributed by atoms with Crippen LogP contribution in [-0.4, -0.2) is 19.9 Å². The van der Waals surface area contributed by atoms with Crippen molar-refractivity contribution < 1.29 is 0 Å². The Labute approximate surface area is 129 Å². The Morgan fingerprint density at radius 1 is 1.00 bits per heavy atom. The Morgan fingerprint density at radius 3 is 2.64 bits per heavy atom. The summed E-state index contributed by atoms with van der Waals surface area (Å²) in [6.07, 6.45) is 7.18. The van der Waals surface area contributed by atoms with E-state index in [1.165, 1.54) is 5.56 Å². The molecule has 0 atom stereocenters. The van der Waals surface area contributed by atoms with E-state index in [0.717, 1.165) is 22.6 Å². The lowest BCUT2D eigenvalue weighted by molar-refractivity contribution is 1.04. The normalized spacial score (nSPS) is 10.5. The Balaban J connectivity index is 1.83. The largest absolute Gasteiger partial charge is 0.366 e. The van der Waals surface area contributed by atoms with E-state index >= 15 is 0 Å². The van der Waals surface area contributed by atoms with Crippen LogP contribution in [0.1, 0.15) is 16.8 Å². The number of anilines is 1. The van der Waals surface area contributed by atoms with Gasteiger partial charge in [0.2, 0.25) is 0 Å². The van der Waals surface area contributed by atoms with Crippen molar-refractivity contribution in [2.24, 2.45) is 0 Å². The molecule has 0 saturated heterocycles. The van der Waals surface area contributed by atoms with Crippen molar-refractivity contribution in [3.05, 3.63) is 65.9 Å². The highest BCUT2D eigenvalue weighted by Gasteiger charge is 2.05. The van der Waals surface area contributed by atoms with Gasteiger partial charge >= 0.3 is 0 Å². The molecule has 5 nitrogen and oxygen atoms in total. The van der Waals surface area contributed by atoms with E-state index < -0.39 is 0 Å². The number of pyridine rings is 2. The molecule has 0 saturated carbocycles. The lowest BCUT2D eigenvalue weighted by atomic mass is 10.1. The molecule has 22 heavy (non-hydrogen) atoms. The molecule has 5 heteroatoms. The molecule has 0 aliphatic carbocycles. The second-order valence-corrected chi connectivity index (χ2v) is 5.12. The van der Waals surface area contributed by atoms with Crippen molar-refractivity contribution >= 4 is 5.82 Å². The Bertz CT molecular complexity index is 771. The predicted octanol–water partition coefficient (Wildman–Crippen LogP) is 3.16. The van der Waals surface area contributed by atoms with Gasteiger partial charge in [-0.05, 0) is 43.2 Å². The van der Waals surface area contributed by atoms with Gasteiger partial charge in [-0.15, -0.1) is 0 Å². The highest BCUT2D eigenvalue weighted by atomic mass is 15.0. The quantitative estimate of drug-likeness (QED) is 0.800. The van der Waals surface area contributed by atoms with Crippen molar-refractivity contribution in [3.8, 4) is 11.4 Å². The number of nitrogens with zero attached hydrogens (tertiary/aromatic N) is 4. The minimum atomic E-state index is 0.682. The van der Waals surface area contributed by atoms with Gasteiger partial charge in [0.15, 0.2) is 5.82 Å². The molecule has 1 N–H and O–H groups in total. The number of aryl methyl sites for hydroxylation is 2. The number of nitrogens with one attached hydrogen (secondary N) is 1. The van der Waals surface area contributed by atoms with Crippen LogP contribution in [0.5, 0.6) is 0 Å². The van der Waals surface area contributed by atoms with Gasteiger partial charge in [0.1, 0.15) is 5.82 Å². The number of hydrogen-bond acceptors (Lipinski definition) is 5. The van der Waals surface area contributed by atoms with Crippen LogP contribution in [-0.2, 0) is 6.54 Å². The average Bonchev–Trinajstić information content (AvgIpc) is 2.54. The smallest absolute Gasteiger partial charge is 0.163 e. The fourth-order valence-corrected chi connectivity index (χ4v) is 2.17. The van der Waals surface area contributed by atoms with Crippen LogP contribution in [0.3, 0.4) is 0 Å². The molecule has 0 spiro atoms. The molecule has 0 aliphatic rings. The first-order chi connectivity index (χ1) is 10.7. The third kappa shape index (κ3) is 3.25. The fraction of sp³-hybridized carbons (Fsp3) is 0.176. The zero-order chi connectivity index (χ0) is 15.4. The maximum absolute atomic E-state index is 4.57. The van der Waals surface area contributed by atoms with E-state index in [0.29, 0.717) is 12.4 Å². The Kier molecular flexibility index (Phi) is 4.05. The zero-order valence-electron chi connectivity index (χ0n) is 12.6. The predicted molar refractivity (Wildman–Crippen MR) is 86.3 cm³/mol. The topological polar surface area (TPSA) is 63.6 Å². The monoisotopic (exact) mass is 291 g/mol. The molecule has 0 fully saturated rings. The maximum atomic E-state index is 4.57. The highest BCUT2D eigenvalue weighted by Crippen LogP contribution is 2.17. The van der Waals surface area contributed by atoms with Gasteiger partial charge in [-0.2, -0.15) is 0 Å². The summed E-state index contributed by atoms with van der Waals surface area (Å²) in [7, 11) is 0. The molecule has 0 aromatic carbocycles. The van der Waals surface area contributed by atoms with E-state index in [2.05, 4.69) is 32.2 Å². The molecule has 3 heterocycles. The second kappa shape index (κ2) is 6.30. The molecule has 110 valence electrons. The number of hydrogen-bond donors (Lipinski definition) is 1. The first-order valence-electron chi connectivity index (χ1n) is 7.12. The number of aromatic nitrogens is 4. The summed E-state index contributed by atoms with van der Waals surface area (Å²) < 4.78 is 0. The van der Waals surface area contributed by atoms with Crippen LogP contribution < -0.4 is 5.32 Å². The summed E-state index contributed by atoms with van der Waals surface area (Å²) in [5.41, 5.74) is 4.19. The first kappa shape index (κ1) is 14.1.